The number of aryl methyl sites for hydroxylation is 2. The van der Waals surface area contributed by atoms with Crippen molar-refractivity contribution in [3.8, 4) is 0 Å². The molecule has 2 rings (SSSR count). The molecule has 0 atom stereocenters. The SMILES string of the molecule is CCc1ccc(CC(=O)c2ccc(C)c(Cl)c2)nc1. The zero-order valence-corrected chi connectivity index (χ0v) is 11.9. The van der Waals surface area contributed by atoms with Gasteiger partial charge in [-0.3, -0.25) is 9.78 Å². The van der Waals surface area contributed by atoms with Gasteiger partial charge in [0.2, 0.25) is 0 Å². The Kier molecular flexibility index (Phi) is 4.33. The maximum atomic E-state index is 12.1. The van der Waals surface area contributed by atoms with Crippen molar-refractivity contribution in [2.24, 2.45) is 0 Å². The molecule has 0 saturated carbocycles. The Morgan fingerprint density at radius 3 is 2.63 bits per heavy atom. The van der Waals surface area contributed by atoms with Crippen LogP contribution in [0.3, 0.4) is 0 Å². The Labute approximate surface area is 118 Å². The van der Waals surface area contributed by atoms with Gasteiger partial charge in [-0.25, -0.2) is 0 Å². The van der Waals surface area contributed by atoms with Crippen LogP contribution in [0.15, 0.2) is 36.5 Å². The molecule has 0 bridgehead atoms. The molecular formula is C16H16ClNO. The highest BCUT2D eigenvalue weighted by molar-refractivity contribution is 6.31. The van der Waals surface area contributed by atoms with Crippen molar-refractivity contribution in [2.75, 3.05) is 0 Å². The number of rotatable bonds is 4. The molecule has 3 heteroatoms. The van der Waals surface area contributed by atoms with E-state index in [1.165, 1.54) is 5.56 Å². The lowest BCUT2D eigenvalue weighted by Crippen LogP contribution is -2.05. The number of hydrogen-bond acceptors (Lipinski definition) is 2. The Morgan fingerprint density at radius 1 is 1.26 bits per heavy atom. The number of hydrogen-bond donors (Lipinski definition) is 0. The minimum Gasteiger partial charge on any atom is -0.294 e. The molecule has 19 heavy (non-hydrogen) atoms. The number of carbonyl (C=O) groups excluding carboxylic acids is 1. The van der Waals surface area contributed by atoms with Crippen molar-refractivity contribution in [1.29, 1.82) is 0 Å². The van der Waals surface area contributed by atoms with Crippen molar-refractivity contribution >= 4 is 17.4 Å². The van der Waals surface area contributed by atoms with Gasteiger partial charge in [0.25, 0.3) is 0 Å². The molecule has 0 spiro atoms. The van der Waals surface area contributed by atoms with Gasteiger partial charge in [0.1, 0.15) is 0 Å². The third-order valence-electron chi connectivity index (χ3n) is 3.13. The standard InChI is InChI=1S/C16H16ClNO/c1-3-12-5-7-14(18-10-12)9-16(19)13-6-4-11(2)15(17)8-13/h4-8,10H,3,9H2,1-2H3. The topological polar surface area (TPSA) is 30.0 Å². The van der Waals surface area contributed by atoms with Crippen LogP contribution in [0.1, 0.15) is 34.1 Å². The second-order valence-corrected chi connectivity index (χ2v) is 4.98. The van der Waals surface area contributed by atoms with Crippen LogP contribution < -0.4 is 0 Å². The van der Waals surface area contributed by atoms with Crippen LogP contribution in [0, 0.1) is 6.92 Å². The fourth-order valence-electron chi connectivity index (χ4n) is 1.80. The van der Waals surface area contributed by atoms with E-state index in [4.69, 9.17) is 11.6 Å². The predicted octanol–water partition coefficient (Wildman–Crippen LogP) is 4.03. The van der Waals surface area contributed by atoms with Gasteiger partial charge in [-0.2, -0.15) is 0 Å². The quantitative estimate of drug-likeness (QED) is 0.787. The number of carbonyl (C=O) groups is 1. The van der Waals surface area contributed by atoms with E-state index in [1.807, 2.05) is 37.4 Å². The maximum Gasteiger partial charge on any atom is 0.168 e. The van der Waals surface area contributed by atoms with E-state index in [9.17, 15) is 4.79 Å². The molecule has 1 aromatic carbocycles. The first-order valence-electron chi connectivity index (χ1n) is 6.33. The molecule has 0 N–H and O–H groups in total. The second-order valence-electron chi connectivity index (χ2n) is 4.58. The van der Waals surface area contributed by atoms with Crippen LogP contribution >= 0.6 is 11.6 Å². The molecule has 0 aliphatic carbocycles. The molecule has 0 aliphatic rings. The van der Waals surface area contributed by atoms with Crippen LogP contribution in [0.25, 0.3) is 0 Å². The largest absolute Gasteiger partial charge is 0.294 e. The lowest BCUT2D eigenvalue weighted by atomic mass is 10.0. The number of pyridine rings is 1. The summed E-state index contributed by atoms with van der Waals surface area (Å²) in [6.07, 6.45) is 3.09. The Balaban J connectivity index is 2.13. The highest BCUT2D eigenvalue weighted by Gasteiger charge is 2.09. The van der Waals surface area contributed by atoms with E-state index in [1.54, 1.807) is 6.07 Å². The summed E-state index contributed by atoms with van der Waals surface area (Å²) in [5.41, 5.74) is 3.58. The van der Waals surface area contributed by atoms with Crippen molar-refractivity contribution in [1.82, 2.24) is 4.98 Å². The normalized spacial score (nSPS) is 10.5. The molecule has 0 unspecified atom stereocenters. The van der Waals surface area contributed by atoms with E-state index < -0.39 is 0 Å². The summed E-state index contributed by atoms with van der Waals surface area (Å²) in [5.74, 6) is 0.0404. The third kappa shape index (κ3) is 3.42. The smallest absolute Gasteiger partial charge is 0.168 e. The van der Waals surface area contributed by atoms with E-state index in [0.29, 0.717) is 17.0 Å². The predicted molar refractivity (Wildman–Crippen MR) is 77.8 cm³/mol. The van der Waals surface area contributed by atoms with E-state index in [2.05, 4.69) is 11.9 Å². The zero-order valence-electron chi connectivity index (χ0n) is 11.1. The van der Waals surface area contributed by atoms with Gasteiger partial charge in [-0.05, 0) is 36.6 Å². The van der Waals surface area contributed by atoms with Crippen molar-refractivity contribution < 1.29 is 4.79 Å². The number of benzene rings is 1. The van der Waals surface area contributed by atoms with Crippen LogP contribution in [0.2, 0.25) is 5.02 Å². The summed E-state index contributed by atoms with van der Waals surface area (Å²) in [6, 6.07) is 9.32. The minimum absolute atomic E-state index is 0.0404. The molecule has 1 heterocycles. The molecular weight excluding hydrogens is 258 g/mol. The summed E-state index contributed by atoms with van der Waals surface area (Å²) in [4.78, 5) is 16.4. The summed E-state index contributed by atoms with van der Waals surface area (Å²) >= 11 is 6.03. The maximum absolute atomic E-state index is 12.1. The molecule has 2 aromatic rings. The van der Waals surface area contributed by atoms with Crippen LogP contribution in [0.5, 0.6) is 0 Å². The molecule has 0 fully saturated rings. The fraction of sp³-hybridized carbons (Fsp3) is 0.250. The van der Waals surface area contributed by atoms with Crippen molar-refractivity contribution in [3.63, 3.8) is 0 Å². The fourth-order valence-corrected chi connectivity index (χ4v) is 1.98. The van der Waals surface area contributed by atoms with Crippen molar-refractivity contribution in [2.45, 2.75) is 26.7 Å². The molecule has 0 radical (unpaired) electrons. The lowest BCUT2D eigenvalue weighted by Gasteiger charge is -2.04. The Morgan fingerprint density at radius 2 is 2.05 bits per heavy atom. The van der Waals surface area contributed by atoms with Gasteiger partial charge < -0.3 is 0 Å². The lowest BCUT2D eigenvalue weighted by molar-refractivity contribution is 0.0992. The Bertz CT molecular complexity index is 590. The monoisotopic (exact) mass is 273 g/mol. The Hall–Kier alpha value is -1.67. The first kappa shape index (κ1) is 13.8. The summed E-state index contributed by atoms with van der Waals surface area (Å²) in [7, 11) is 0. The molecule has 0 aliphatic heterocycles. The van der Waals surface area contributed by atoms with Crippen molar-refractivity contribution in [3.05, 3.63) is 63.9 Å². The second kappa shape index (κ2) is 5.98. The highest BCUT2D eigenvalue weighted by atomic mass is 35.5. The van der Waals surface area contributed by atoms with Crippen LogP contribution in [0.4, 0.5) is 0 Å². The third-order valence-corrected chi connectivity index (χ3v) is 3.54. The number of nitrogens with zero attached hydrogens (tertiary/aromatic N) is 1. The van der Waals surface area contributed by atoms with Gasteiger partial charge in [-0.15, -0.1) is 0 Å². The molecule has 98 valence electrons. The average Bonchev–Trinajstić information content (AvgIpc) is 2.42. The van der Waals surface area contributed by atoms with E-state index in [-0.39, 0.29) is 5.78 Å². The van der Waals surface area contributed by atoms with Gasteiger partial charge in [-0.1, -0.05) is 36.7 Å². The molecule has 1 aromatic heterocycles. The first-order chi connectivity index (χ1) is 9.10. The van der Waals surface area contributed by atoms with E-state index in [0.717, 1.165) is 17.7 Å². The number of Topliss-reactive ketones (excluding diaryl/α,β-unsaturated/α-hetero) is 1. The number of aromatic nitrogens is 1. The molecule has 0 amide bonds. The first-order valence-corrected chi connectivity index (χ1v) is 6.71. The zero-order chi connectivity index (χ0) is 13.8. The van der Waals surface area contributed by atoms with Crippen LogP contribution in [-0.4, -0.2) is 10.8 Å². The van der Waals surface area contributed by atoms with Gasteiger partial charge >= 0.3 is 0 Å². The summed E-state index contributed by atoms with van der Waals surface area (Å²) in [6.45, 7) is 4.00. The number of ketones is 1. The van der Waals surface area contributed by atoms with Gasteiger partial charge in [0.15, 0.2) is 5.78 Å². The summed E-state index contributed by atoms with van der Waals surface area (Å²) < 4.78 is 0. The van der Waals surface area contributed by atoms with Gasteiger partial charge in [0, 0.05) is 22.5 Å². The minimum atomic E-state index is 0.0404. The van der Waals surface area contributed by atoms with E-state index >= 15 is 0 Å². The highest BCUT2D eigenvalue weighted by Crippen LogP contribution is 2.18. The number of halogens is 1. The summed E-state index contributed by atoms with van der Waals surface area (Å²) in [5, 5.41) is 0.625. The van der Waals surface area contributed by atoms with Gasteiger partial charge in [0.05, 0.1) is 6.42 Å². The molecule has 2 nitrogen and oxygen atoms in total. The average molecular weight is 274 g/mol. The van der Waals surface area contributed by atoms with Crippen LogP contribution in [-0.2, 0) is 12.8 Å². The molecule has 0 saturated heterocycles.